The van der Waals surface area contributed by atoms with Crippen molar-refractivity contribution in [1.82, 2.24) is 10.2 Å². The van der Waals surface area contributed by atoms with Crippen molar-refractivity contribution in [2.24, 2.45) is 11.8 Å². The number of nitrogens with zero attached hydrogens (tertiary/aromatic N) is 2. The Morgan fingerprint density at radius 2 is 1.68 bits per heavy atom. The summed E-state index contributed by atoms with van der Waals surface area (Å²) in [6.07, 6.45) is 14.5. The Kier molecular flexibility index (Phi) is 9.77. The van der Waals surface area contributed by atoms with E-state index in [1.54, 1.807) is 6.07 Å². The van der Waals surface area contributed by atoms with Crippen molar-refractivity contribution >= 4 is 0 Å². The lowest BCUT2D eigenvalue weighted by Gasteiger charge is -2.27. The molecule has 1 heterocycles. The molecule has 1 aromatic heterocycles. The molecule has 3 rings (SSSR count). The highest BCUT2D eigenvalue weighted by Gasteiger charge is 2.20. The predicted molar refractivity (Wildman–Crippen MR) is 126 cm³/mol. The fourth-order valence-corrected chi connectivity index (χ4v) is 4.63. The molecule has 1 saturated carbocycles. The van der Waals surface area contributed by atoms with Crippen molar-refractivity contribution in [3.63, 3.8) is 0 Å². The molecule has 1 aromatic carbocycles. The third-order valence-electron chi connectivity index (χ3n) is 6.85. The molecule has 0 bridgehead atoms. The Bertz CT molecular complexity index is 769. The van der Waals surface area contributed by atoms with E-state index < -0.39 is 0 Å². The number of aryl methyl sites for hydroxylation is 1. The van der Waals surface area contributed by atoms with Crippen molar-refractivity contribution in [2.45, 2.75) is 90.9 Å². The molecule has 0 atom stereocenters. The van der Waals surface area contributed by atoms with Gasteiger partial charge in [0.2, 0.25) is 5.88 Å². The van der Waals surface area contributed by atoms with E-state index in [2.05, 4.69) is 24.0 Å². The fraction of sp³-hybridized carbons (Fsp3) is 0.630. The largest absolute Gasteiger partial charge is 0.477 e. The zero-order valence-corrected chi connectivity index (χ0v) is 19.4. The second-order valence-electron chi connectivity index (χ2n) is 9.16. The van der Waals surface area contributed by atoms with Gasteiger partial charge in [-0.1, -0.05) is 83.8 Å². The van der Waals surface area contributed by atoms with Crippen LogP contribution >= 0.6 is 0 Å². The molecule has 0 unspecified atom stereocenters. The first-order valence-electron chi connectivity index (χ1n) is 12.4. The average molecular weight is 427 g/mol. The van der Waals surface area contributed by atoms with Gasteiger partial charge in [-0.3, -0.25) is 0 Å². The van der Waals surface area contributed by atoms with Crippen LogP contribution in [0.5, 0.6) is 5.88 Å². The molecular formula is C27H39FN2O. The molecule has 170 valence electrons. The van der Waals surface area contributed by atoms with Crippen LogP contribution in [0.25, 0.3) is 11.3 Å². The summed E-state index contributed by atoms with van der Waals surface area (Å²) in [5.74, 6) is 2.07. The first-order valence-corrected chi connectivity index (χ1v) is 12.4. The number of benzene rings is 1. The number of unbranched alkanes of at least 4 members (excludes halogenated alkanes) is 4. The van der Waals surface area contributed by atoms with Crippen LogP contribution in [0.3, 0.4) is 0 Å². The molecule has 0 N–H and O–H groups in total. The Labute approximate surface area is 187 Å². The molecule has 31 heavy (non-hydrogen) atoms. The minimum absolute atomic E-state index is 0.131. The number of rotatable bonds is 12. The molecule has 3 nitrogen and oxygen atoms in total. The molecular weight excluding hydrogens is 387 g/mol. The molecule has 0 radical (unpaired) electrons. The van der Waals surface area contributed by atoms with Gasteiger partial charge in [0.1, 0.15) is 5.82 Å². The quantitative estimate of drug-likeness (QED) is 0.325. The zero-order chi connectivity index (χ0) is 21.9. The van der Waals surface area contributed by atoms with E-state index in [0.29, 0.717) is 18.2 Å². The fourth-order valence-electron chi connectivity index (χ4n) is 4.63. The first kappa shape index (κ1) is 23.7. The summed E-state index contributed by atoms with van der Waals surface area (Å²) >= 11 is 0. The number of hydrogen-bond donors (Lipinski definition) is 0. The summed E-state index contributed by atoms with van der Waals surface area (Å²) in [7, 11) is 0. The maximum Gasteiger partial charge on any atom is 0.233 e. The van der Waals surface area contributed by atoms with Gasteiger partial charge in [-0.25, -0.2) is 4.39 Å². The smallest absolute Gasteiger partial charge is 0.233 e. The topological polar surface area (TPSA) is 35.0 Å². The van der Waals surface area contributed by atoms with E-state index in [0.717, 1.165) is 42.2 Å². The van der Waals surface area contributed by atoms with Crippen molar-refractivity contribution in [2.75, 3.05) is 6.61 Å². The molecule has 0 saturated heterocycles. The monoisotopic (exact) mass is 426 g/mol. The van der Waals surface area contributed by atoms with Gasteiger partial charge >= 0.3 is 0 Å². The van der Waals surface area contributed by atoms with Gasteiger partial charge < -0.3 is 4.74 Å². The zero-order valence-electron chi connectivity index (χ0n) is 19.4. The van der Waals surface area contributed by atoms with Crippen LogP contribution in [-0.4, -0.2) is 16.8 Å². The Balaban J connectivity index is 1.46. The molecule has 2 aromatic rings. The number of hydrogen-bond acceptors (Lipinski definition) is 3. The number of halogens is 1. The summed E-state index contributed by atoms with van der Waals surface area (Å²) < 4.78 is 20.4. The first-order chi connectivity index (χ1) is 15.2. The summed E-state index contributed by atoms with van der Waals surface area (Å²) in [6, 6.07) is 9.17. The van der Waals surface area contributed by atoms with E-state index in [9.17, 15) is 4.39 Å². The van der Waals surface area contributed by atoms with E-state index in [1.165, 1.54) is 57.8 Å². The van der Waals surface area contributed by atoms with Crippen molar-refractivity contribution < 1.29 is 9.13 Å². The molecule has 4 heteroatoms. The summed E-state index contributed by atoms with van der Waals surface area (Å²) in [4.78, 5) is 0. The third-order valence-corrected chi connectivity index (χ3v) is 6.85. The maximum atomic E-state index is 14.7. The van der Waals surface area contributed by atoms with Crippen LogP contribution in [0.4, 0.5) is 4.39 Å². The van der Waals surface area contributed by atoms with Crippen LogP contribution in [-0.2, 0) is 6.42 Å². The number of ether oxygens (including phenoxy) is 1. The van der Waals surface area contributed by atoms with Gasteiger partial charge in [-0.05, 0) is 48.8 Å². The van der Waals surface area contributed by atoms with Crippen molar-refractivity contribution in [3.8, 4) is 17.1 Å². The van der Waals surface area contributed by atoms with Gasteiger partial charge in [0.05, 0.1) is 12.3 Å². The van der Waals surface area contributed by atoms with Crippen LogP contribution in [0.2, 0.25) is 0 Å². The molecule has 0 spiro atoms. The van der Waals surface area contributed by atoms with E-state index in [4.69, 9.17) is 4.74 Å². The second-order valence-corrected chi connectivity index (χ2v) is 9.16. The SMILES string of the molecule is CCCCCCCOc1ccc(-c2ccc(CCC3CCC(CC)CC3)c(F)c2)nn1. The van der Waals surface area contributed by atoms with Crippen LogP contribution in [0, 0.1) is 17.7 Å². The van der Waals surface area contributed by atoms with Crippen LogP contribution in [0.15, 0.2) is 30.3 Å². The van der Waals surface area contributed by atoms with Crippen molar-refractivity contribution in [1.29, 1.82) is 0 Å². The van der Waals surface area contributed by atoms with E-state index >= 15 is 0 Å². The summed E-state index contributed by atoms with van der Waals surface area (Å²) in [5.41, 5.74) is 2.26. The molecule has 1 fully saturated rings. The summed E-state index contributed by atoms with van der Waals surface area (Å²) in [5, 5.41) is 8.40. The minimum atomic E-state index is -0.131. The summed E-state index contributed by atoms with van der Waals surface area (Å²) in [6.45, 7) is 5.18. The number of aromatic nitrogens is 2. The Morgan fingerprint density at radius 1 is 0.903 bits per heavy atom. The highest BCUT2D eigenvalue weighted by Crippen LogP contribution is 2.33. The second kappa shape index (κ2) is 12.8. The lowest BCUT2D eigenvalue weighted by molar-refractivity contribution is 0.258. The van der Waals surface area contributed by atoms with E-state index in [-0.39, 0.29) is 5.82 Å². The van der Waals surface area contributed by atoms with Crippen molar-refractivity contribution in [3.05, 3.63) is 41.7 Å². The van der Waals surface area contributed by atoms with Gasteiger partial charge in [0.25, 0.3) is 0 Å². The lowest BCUT2D eigenvalue weighted by Crippen LogP contribution is -2.14. The van der Waals surface area contributed by atoms with Gasteiger partial charge in [0, 0.05) is 11.6 Å². The highest BCUT2D eigenvalue weighted by atomic mass is 19.1. The van der Waals surface area contributed by atoms with Gasteiger partial charge in [-0.2, -0.15) is 0 Å². The third kappa shape index (κ3) is 7.59. The standard InChI is InChI=1S/C27H39FN2O/c1-3-5-6-7-8-19-31-27-18-17-26(29-30-27)24-16-15-23(25(28)20-24)14-13-22-11-9-21(4-2)10-12-22/h15-18,20-22H,3-14,19H2,1-2H3. The minimum Gasteiger partial charge on any atom is -0.477 e. The average Bonchev–Trinajstić information content (AvgIpc) is 2.81. The van der Waals surface area contributed by atoms with Gasteiger partial charge in [-0.15, -0.1) is 10.2 Å². The Morgan fingerprint density at radius 3 is 2.35 bits per heavy atom. The molecule has 0 aliphatic heterocycles. The predicted octanol–water partition coefficient (Wildman–Crippen LogP) is 7.78. The van der Waals surface area contributed by atoms with Gasteiger partial charge in [0.15, 0.2) is 0 Å². The lowest BCUT2D eigenvalue weighted by atomic mass is 9.78. The normalized spacial score (nSPS) is 18.8. The van der Waals surface area contributed by atoms with Crippen LogP contribution in [0.1, 0.15) is 90.0 Å². The molecule has 1 aliphatic rings. The van der Waals surface area contributed by atoms with E-state index in [1.807, 2.05) is 24.3 Å². The Hall–Kier alpha value is -1.97. The van der Waals surface area contributed by atoms with Crippen LogP contribution < -0.4 is 4.74 Å². The molecule has 0 amide bonds. The maximum absolute atomic E-state index is 14.7. The highest BCUT2D eigenvalue weighted by molar-refractivity contribution is 5.59. The molecule has 1 aliphatic carbocycles.